The Morgan fingerprint density at radius 2 is 0.644 bits per heavy atom. The molecule has 280 valence electrons. The van der Waals surface area contributed by atoms with Crippen LogP contribution in [0.5, 0.6) is 0 Å². The van der Waals surface area contributed by atoms with Crippen LogP contribution in [0.1, 0.15) is 0 Å². The van der Waals surface area contributed by atoms with Gasteiger partial charge in [-0.2, -0.15) is 0 Å². The van der Waals surface area contributed by atoms with Gasteiger partial charge in [-0.1, -0.05) is 97.1 Å². The van der Waals surface area contributed by atoms with E-state index in [0.717, 1.165) is 73.1 Å². The van der Waals surface area contributed by atoms with Gasteiger partial charge < -0.3 is 19.1 Å². The quantitative estimate of drug-likeness (QED) is 0.146. The lowest BCUT2D eigenvalue weighted by Crippen LogP contribution is -2.09. The van der Waals surface area contributed by atoms with Crippen LogP contribution in [0.15, 0.2) is 229 Å². The highest BCUT2D eigenvalue weighted by molar-refractivity contribution is 7.25. The fourth-order valence-electron chi connectivity index (χ4n) is 8.29. The summed E-state index contributed by atoms with van der Waals surface area (Å²) in [6, 6.07) is 79.6. The number of rotatable bonds is 9. The molecule has 11 aromatic rings. The summed E-state index contributed by atoms with van der Waals surface area (Å²) in [5.74, 6) is 0. The molecule has 4 nitrogen and oxygen atoms in total. The predicted octanol–water partition coefficient (Wildman–Crippen LogP) is 16.4. The summed E-state index contributed by atoms with van der Waals surface area (Å²) >= 11 is 1.83. The van der Waals surface area contributed by atoms with Gasteiger partial charge in [-0.25, -0.2) is 0 Å². The van der Waals surface area contributed by atoms with Crippen LogP contribution in [0.3, 0.4) is 0 Å². The number of para-hydroxylation sites is 5. The minimum atomic E-state index is 0.846. The first-order valence-electron chi connectivity index (χ1n) is 19.8. The minimum absolute atomic E-state index is 0.846. The standard InChI is InChI=1S/C54H37N3OS/c1-6-16-38(17-7-1)55(39-18-8-2-9-19-39)43-28-32-51-49(34-43)47-30-26-45(36-52(47)58-51)57(42-24-14-5-15-25-42)46-27-31-48-50-35-44(29-33-53(50)59-54(48)37-46)56(40-20-10-3-11-21-40)41-22-12-4-13-23-41/h1-37H. The van der Waals surface area contributed by atoms with E-state index in [4.69, 9.17) is 4.42 Å². The molecule has 0 spiro atoms. The molecule has 11 rings (SSSR count). The molecule has 9 aromatic carbocycles. The van der Waals surface area contributed by atoms with Gasteiger partial charge in [0.05, 0.1) is 0 Å². The summed E-state index contributed by atoms with van der Waals surface area (Å²) in [6.45, 7) is 0. The first kappa shape index (κ1) is 34.6. The fraction of sp³-hybridized carbons (Fsp3) is 0. The van der Waals surface area contributed by atoms with Crippen LogP contribution in [-0.2, 0) is 0 Å². The highest BCUT2D eigenvalue weighted by Gasteiger charge is 2.20. The average molecular weight is 776 g/mol. The Balaban J connectivity index is 0.996. The molecule has 0 radical (unpaired) electrons. The lowest BCUT2D eigenvalue weighted by Gasteiger charge is -2.26. The molecule has 0 amide bonds. The normalized spacial score (nSPS) is 11.4. The monoisotopic (exact) mass is 775 g/mol. The van der Waals surface area contributed by atoms with E-state index < -0.39 is 0 Å². The van der Waals surface area contributed by atoms with Crippen molar-refractivity contribution in [3.63, 3.8) is 0 Å². The van der Waals surface area contributed by atoms with Gasteiger partial charge in [0.15, 0.2) is 0 Å². The smallest absolute Gasteiger partial charge is 0.137 e. The van der Waals surface area contributed by atoms with E-state index in [1.807, 2.05) is 11.3 Å². The van der Waals surface area contributed by atoms with Crippen molar-refractivity contribution in [3.8, 4) is 0 Å². The van der Waals surface area contributed by atoms with Crippen molar-refractivity contribution in [2.45, 2.75) is 0 Å². The Kier molecular flexibility index (Phi) is 8.64. The Morgan fingerprint density at radius 1 is 0.254 bits per heavy atom. The first-order chi connectivity index (χ1) is 29.2. The van der Waals surface area contributed by atoms with Crippen LogP contribution in [0, 0.1) is 0 Å². The summed E-state index contributed by atoms with van der Waals surface area (Å²) in [4.78, 5) is 6.94. The van der Waals surface area contributed by atoms with Crippen LogP contribution in [-0.4, -0.2) is 0 Å². The van der Waals surface area contributed by atoms with Crippen LogP contribution in [0.4, 0.5) is 51.2 Å². The van der Waals surface area contributed by atoms with Crippen LogP contribution < -0.4 is 14.7 Å². The van der Waals surface area contributed by atoms with Gasteiger partial charge in [0.2, 0.25) is 0 Å². The van der Waals surface area contributed by atoms with E-state index in [0.29, 0.717) is 0 Å². The van der Waals surface area contributed by atoms with Gasteiger partial charge in [-0.05, 0) is 121 Å². The maximum absolute atomic E-state index is 6.62. The molecule has 0 fully saturated rings. The number of hydrogen-bond acceptors (Lipinski definition) is 5. The molecule has 0 saturated heterocycles. The summed E-state index contributed by atoms with van der Waals surface area (Å²) < 4.78 is 9.11. The van der Waals surface area contributed by atoms with E-state index in [-0.39, 0.29) is 0 Å². The van der Waals surface area contributed by atoms with E-state index in [2.05, 4.69) is 239 Å². The second kappa shape index (κ2) is 14.7. The second-order valence-electron chi connectivity index (χ2n) is 14.6. The molecule has 0 aliphatic heterocycles. The Morgan fingerprint density at radius 3 is 1.15 bits per heavy atom. The molecular weight excluding hydrogens is 739 g/mol. The molecule has 2 aromatic heterocycles. The van der Waals surface area contributed by atoms with E-state index >= 15 is 0 Å². The van der Waals surface area contributed by atoms with Crippen molar-refractivity contribution >= 4 is 105 Å². The molecule has 2 heterocycles. The van der Waals surface area contributed by atoms with Crippen LogP contribution in [0.2, 0.25) is 0 Å². The van der Waals surface area contributed by atoms with Crippen molar-refractivity contribution in [1.82, 2.24) is 0 Å². The third-order valence-corrected chi connectivity index (χ3v) is 12.1. The zero-order chi connectivity index (χ0) is 39.1. The van der Waals surface area contributed by atoms with Crippen molar-refractivity contribution in [2.75, 3.05) is 14.7 Å². The Labute approximate surface area is 346 Å². The van der Waals surface area contributed by atoms with E-state index in [1.165, 1.54) is 20.2 Å². The minimum Gasteiger partial charge on any atom is -0.456 e. The number of anilines is 9. The van der Waals surface area contributed by atoms with Gasteiger partial charge >= 0.3 is 0 Å². The van der Waals surface area contributed by atoms with Crippen molar-refractivity contribution in [1.29, 1.82) is 0 Å². The Bertz CT molecular complexity index is 2940. The number of benzene rings is 9. The molecule has 5 heteroatoms. The SMILES string of the molecule is c1ccc(N(c2ccc3c(c2)oc2ccc(N(c4ccccc4)c4ccccc4)cc23)c2ccc3c(c2)sc2ccc(N(c4ccccc4)c4ccccc4)cc23)cc1. The third-order valence-electron chi connectivity index (χ3n) is 11.0. The highest BCUT2D eigenvalue weighted by atomic mass is 32.1. The van der Waals surface area contributed by atoms with Crippen molar-refractivity contribution < 1.29 is 4.42 Å². The molecular formula is C54H37N3OS. The predicted molar refractivity (Wildman–Crippen MR) is 251 cm³/mol. The molecule has 0 aliphatic carbocycles. The average Bonchev–Trinajstić information content (AvgIpc) is 3.85. The number of thiophene rings is 1. The van der Waals surface area contributed by atoms with Crippen LogP contribution >= 0.6 is 11.3 Å². The highest BCUT2D eigenvalue weighted by Crippen LogP contribution is 2.45. The maximum atomic E-state index is 6.62. The van der Waals surface area contributed by atoms with Gasteiger partial charge in [0.1, 0.15) is 11.2 Å². The molecule has 0 N–H and O–H groups in total. The third kappa shape index (κ3) is 6.35. The zero-order valence-electron chi connectivity index (χ0n) is 32.0. The summed E-state index contributed by atoms with van der Waals surface area (Å²) in [7, 11) is 0. The van der Waals surface area contributed by atoms with Crippen LogP contribution in [0.25, 0.3) is 42.1 Å². The van der Waals surface area contributed by atoms with Gasteiger partial charge in [-0.15, -0.1) is 11.3 Å². The summed E-state index contributed by atoms with van der Waals surface area (Å²) in [5, 5.41) is 4.65. The number of nitrogens with zero attached hydrogens (tertiary/aromatic N) is 3. The maximum Gasteiger partial charge on any atom is 0.137 e. The summed E-state index contributed by atoms with van der Waals surface area (Å²) in [5.41, 5.74) is 11.6. The van der Waals surface area contributed by atoms with E-state index in [9.17, 15) is 0 Å². The lowest BCUT2D eigenvalue weighted by molar-refractivity contribution is 0.669. The number of furan rings is 1. The second-order valence-corrected chi connectivity index (χ2v) is 15.7. The first-order valence-corrected chi connectivity index (χ1v) is 20.7. The van der Waals surface area contributed by atoms with Gasteiger partial charge in [0, 0.05) is 88.2 Å². The topological polar surface area (TPSA) is 22.9 Å². The number of hydrogen-bond donors (Lipinski definition) is 0. The molecule has 0 saturated carbocycles. The van der Waals surface area contributed by atoms with Crippen molar-refractivity contribution in [2.24, 2.45) is 0 Å². The lowest BCUT2D eigenvalue weighted by atomic mass is 10.1. The molecule has 0 atom stereocenters. The molecule has 0 aliphatic rings. The fourth-order valence-corrected chi connectivity index (χ4v) is 9.41. The van der Waals surface area contributed by atoms with E-state index in [1.54, 1.807) is 0 Å². The van der Waals surface area contributed by atoms with Gasteiger partial charge in [-0.3, -0.25) is 0 Å². The molecule has 59 heavy (non-hydrogen) atoms. The largest absolute Gasteiger partial charge is 0.456 e. The molecule has 0 unspecified atom stereocenters. The number of fused-ring (bicyclic) bond motifs is 6. The van der Waals surface area contributed by atoms with Crippen molar-refractivity contribution in [3.05, 3.63) is 224 Å². The zero-order valence-corrected chi connectivity index (χ0v) is 32.8. The molecule has 0 bridgehead atoms. The summed E-state index contributed by atoms with van der Waals surface area (Å²) in [6.07, 6.45) is 0. The van der Waals surface area contributed by atoms with Gasteiger partial charge in [0.25, 0.3) is 0 Å². The Hall–Kier alpha value is -7.60.